The smallest absolute Gasteiger partial charge is 0.287 e. The van der Waals surface area contributed by atoms with E-state index in [9.17, 15) is 4.79 Å². The minimum Gasteiger partial charge on any atom is -0.455 e. The fourth-order valence-corrected chi connectivity index (χ4v) is 3.96. The average molecular weight is 421 g/mol. The molecule has 0 aliphatic carbocycles. The van der Waals surface area contributed by atoms with E-state index in [1.54, 1.807) is 6.07 Å². The molecule has 0 fully saturated rings. The second-order valence-electron chi connectivity index (χ2n) is 7.35. The van der Waals surface area contributed by atoms with E-state index in [0.29, 0.717) is 22.5 Å². The second-order valence-corrected chi connectivity index (χ2v) is 8.28. The Bertz CT molecular complexity index is 1130. The van der Waals surface area contributed by atoms with Crippen LogP contribution in [-0.2, 0) is 12.2 Å². The van der Waals surface area contributed by atoms with E-state index >= 15 is 0 Å². The maximum absolute atomic E-state index is 12.5. The maximum atomic E-state index is 12.5. The predicted octanol–water partition coefficient (Wildman–Crippen LogP) is 5.77. The van der Waals surface area contributed by atoms with Crippen LogP contribution in [0.1, 0.15) is 40.8 Å². The van der Waals surface area contributed by atoms with Gasteiger partial charge in [0, 0.05) is 6.04 Å². The van der Waals surface area contributed by atoms with E-state index in [2.05, 4.69) is 22.4 Å². The first-order chi connectivity index (χ1) is 14.6. The first-order valence-corrected chi connectivity index (χ1v) is 11.0. The number of aromatic nitrogens is 1. The van der Waals surface area contributed by atoms with E-state index in [1.807, 2.05) is 56.3 Å². The summed E-state index contributed by atoms with van der Waals surface area (Å²) in [4.78, 5) is 17.0. The van der Waals surface area contributed by atoms with Crippen LogP contribution in [0.3, 0.4) is 0 Å². The third-order valence-electron chi connectivity index (χ3n) is 4.91. The fraction of sp³-hybridized carbons (Fsp3) is 0.250. The minimum atomic E-state index is -0.190. The van der Waals surface area contributed by atoms with Crippen molar-refractivity contribution < 1.29 is 13.6 Å². The lowest BCUT2D eigenvalue weighted by Crippen LogP contribution is -2.32. The molecule has 0 saturated heterocycles. The van der Waals surface area contributed by atoms with Crippen molar-refractivity contribution in [3.8, 4) is 0 Å². The summed E-state index contributed by atoms with van der Waals surface area (Å²) in [5.41, 5.74) is 4.01. The number of nitrogens with one attached hydrogen (secondary N) is 1. The van der Waals surface area contributed by atoms with Gasteiger partial charge in [-0.2, -0.15) is 0 Å². The van der Waals surface area contributed by atoms with Gasteiger partial charge in [-0.05, 0) is 56.0 Å². The molecule has 1 atom stereocenters. The lowest BCUT2D eigenvalue weighted by molar-refractivity contribution is 0.0909. The largest absolute Gasteiger partial charge is 0.455 e. The van der Waals surface area contributed by atoms with Crippen LogP contribution in [0.2, 0.25) is 0 Å². The number of thioether (sulfide) groups is 1. The predicted molar refractivity (Wildman–Crippen MR) is 119 cm³/mol. The quantitative estimate of drug-likeness (QED) is 0.366. The molecule has 2 aromatic heterocycles. The summed E-state index contributed by atoms with van der Waals surface area (Å²) in [7, 11) is 0. The topological polar surface area (TPSA) is 68.3 Å². The molecule has 6 heteroatoms. The number of amides is 1. The summed E-state index contributed by atoms with van der Waals surface area (Å²) in [6.07, 6.45) is 1.79. The standard InChI is InChI=1S/C24H24N2O3S/c1-16-7-6-10-20-22(16)26-24(29-20)30-15-19-13-14-21(28-19)23(27)25-17(2)11-12-18-8-4-3-5-9-18/h3-10,13-14,17H,11-12,15H2,1-2H3,(H,25,27). The molecule has 4 aromatic rings. The number of para-hydroxylation sites is 1. The highest BCUT2D eigenvalue weighted by atomic mass is 32.2. The molecular formula is C24H24N2O3S. The Morgan fingerprint density at radius 1 is 1.07 bits per heavy atom. The Kier molecular flexibility index (Phi) is 6.23. The summed E-state index contributed by atoms with van der Waals surface area (Å²) >= 11 is 1.45. The monoisotopic (exact) mass is 420 g/mol. The highest BCUT2D eigenvalue weighted by molar-refractivity contribution is 7.98. The van der Waals surface area contributed by atoms with Gasteiger partial charge in [0.2, 0.25) is 0 Å². The summed E-state index contributed by atoms with van der Waals surface area (Å²) in [5, 5.41) is 3.60. The van der Waals surface area contributed by atoms with Gasteiger partial charge in [-0.25, -0.2) is 4.98 Å². The number of aryl methyl sites for hydroxylation is 2. The Balaban J connectivity index is 1.29. The number of furan rings is 1. The molecule has 1 unspecified atom stereocenters. The van der Waals surface area contributed by atoms with Crippen molar-refractivity contribution in [2.24, 2.45) is 0 Å². The molecule has 2 aromatic carbocycles. The maximum Gasteiger partial charge on any atom is 0.287 e. The van der Waals surface area contributed by atoms with Crippen molar-refractivity contribution in [3.05, 3.63) is 83.3 Å². The third kappa shape index (κ3) is 4.94. The molecule has 0 spiro atoms. The van der Waals surface area contributed by atoms with Gasteiger partial charge in [-0.1, -0.05) is 54.2 Å². The van der Waals surface area contributed by atoms with Crippen LogP contribution in [0, 0.1) is 6.92 Å². The number of hydrogen-bond donors (Lipinski definition) is 1. The van der Waals surface area contributed by atoms with Crippen LogP contribution in [0.15, 0.2) is 74.7 Å². The molecule has 30 heavy (non-hydrogen) atoms. The van der Waals surface area contributed by atoms with Gasteiger partial charge in [-0.15, -0.1) is 0 Å². The lowest BCUT2D eigenvalue weighted by Gasteiger charge is -2.12. The number of benzene rings is 2. The molecule has 154 valence electrons. The lowest BCUT2D eigenvalue weighted by atomic mass is 10.1. The number of oxazole rings is 1. The van der Waals surface area contributed by atoms with Gasteiger partial charge in [0.1, 0.15) is 11.3 Å². The number of fused-ring (bicyclic) bond motifs is 1. The van der Waals surface area contributed by atoms with Gasteiger partial charge in [-0.3, -0.25) is 4.79 Å². The Labute approximate surface area is 179 Å². The SMILES string of the molecule is Cc1cccc2oc(SCc3ccc(C(=O)NC(C)CCc4ccccc4)o3)nc12. The molecule has 0 aliphatic rings. The van der Waals surface area contributed by atoms with Crippen LogP contribution < -0.4 is 5.32 Å². The summed E-state index contributed by atoms with van der Waals surface area (Å²) in [5.74, 6) is 1.39. The third-order valence-corrected chi connectivity index (χ3v) is 5.76. The van der Waals surface area contributed by atoms with Crippen LogP contribution in [0.5, 0.6) is 0 Å². The van der Waals surface area contributed by atoms with Gasteiger partial charge in [0.25, 0.3) is 11.1 Å². The second kappa shape index (κ2) is 9.22. The summed E-state index contributed by atoms with van der Waals surface area (Å²) in [6.45, 7) is 4.02. The highest BCUT2D eigenvalue weighted by Crippen LogP contribution is 2.28. The van der Waals surface area contributed by atoms with E-state index < -0.39 is 0 Å². The van der Waals surface area contributed by atoms with E-state index in [-0.39, 0.29) is 11.9 Å². The Morgan fingerprint density at radius 3 is 2.70 bits per heavy atom. The number of nitrogens with zero attached hydrogens (tertiary/aromatic N) is 1. The molecule has 0 radical (unpaired) electrons. The van der Waals surface area contributed by atoms with Crippen molar-refractivity contribution >= 4 is 28.8 Å². The molecule has 5 nitrogen and oxygen atoms in total. The first-order valence-electron chi connectivity index (χ1n) is 10.0. The van der Waals surface area contributed by atoms with Gasteiger partial charge in [0.05, 0.1) is 5.75 Å². The highest BCUT2D eigenvalue weighted by Gasteiger charge is 2.15. The fourth-order valence-electron chi connectivity index (χ4n) is 3.23. The molecule has 0 bridgehead atoms. The van der Waals surface area contributed by atoms with Gasteiger partial charge >= 0.3 is 0 Å². The number of carbonyl (C=O) groups is 1. The number of hydrogen-bond acceptors (Lipinski definition) is 5. The Hall–Kier alpha value is -2.99. The van der Waals surface area contributed by atoms with Gasteiger partial charge in [0.15, 0.2) is 11.3 Å². The molecular weight excluding hydrogens is 396 g/mol. The van der Waals surface area contributed by atoms with E-state index in [0.717, 1.165) is 29.5 Å². The number of carbonyl (C=O) groups excluding carboxylic acids is 1. The molecule has 2 heterocycles. The zero-order valence-electron chi connectivity index (χ0n) is 17.1. The molecule has 1 amide bonds. The van der Waals surface area contributed by atoms with Crippen LogP contribution in [0.4, 0.5) is 0 Å². The summed E-state index contributed by atoms with van der Waals surface area (Å²) < 4.78 is 11.5. The van der Waals surface area contributed by atoms with Crippen LogP contribution in [-0.4, -0.2) is 16.9 Å². The van der Waals surface area contributed by atoms with E-state index in [4.69, 9.17) is 8.83 Å². The first kappa shape index (κ1) is 20.3. The van der Waals surface area contributed by atoms with Crippen molar-refractivity contribution in [1.82, 2.24) is 10.3 Å². The summed E-state index contributed by atoms with van der Waals surface area (Å²) in [6, 6.07) is 19.7. The zero-order chi connectivity index (χ0) is 20.9. The molecule has 1 N–H and O–H groups in total. The van der Waals surface area contributed by atoms with Crippen molar-refractivity contribution in [2.75, 3.05) is 0 Å². The van der Waals surface area contributed by atoms with Crippen molar-refractivity contribution in [1.29, 1.82) is 0 Å². The molecule has 4 rings (SSSR count). The van der Waals surface area contributed by atoms with Crippen molar-refractivity contribution in [3.63, 3.8) is 0 Å². The minimum absolute atomic E-state index is 0.0589. The normalized spacial score (nSPS) is 12.2. The molecule has 0 aliphatic heterocycles. The van der Waals surface area contributed by atoms with Crippen molar-refractivity contribution in [2.45, 2.75) is 43.7 Å². The zero-order valence-corrected chi connectivity index (χ0v) is 17.9. The van der Waals surface area contributed by atoms with Gasteiger partial charge < -0.3 is 14.2 Å². The average Bonchev–Trinajstić information content (AvgIpc) is 3.39. The van der Waals surface area contributed by atoms with Crippen LogP contribution in [0.25, 0.3) is 11.1 Å². The van der Waals surface area contributed by atoms with Crippen LogP contribution >= 0.6 is 11.8 Å². The Morgan fingerprint density at radius 2 is 1.90 bits per heavy atom. The van der Waals surface area contributed by atoms with E-state index in [1.165, 1.54) is 17.3 Å². The molecule has 0 saturated carbocycles. The number of rotatable bonds is 8.